The first-order valence-corrected chi connectivity index (χ1v) is 4.75. The molecular weight excluding hydrogens is 190 g/mol. The molecule has 0 N–H and O–H groups in total. The van der Waals surface area contributed by atoms with Crippen molar-refractivity contribution in [1.29, 1.82) is 5.26 Å². The Labute approximate surface area is 89.2 Å². The third kappa shape index (κ3) is 3.77. The highest BCUT2D eigenvalue weighted by molar-refractivity contribution is 5.23. The number of nitriles is 1. The predicted octanol–water partition coefficient (Wildman–Crippen LogP) is 2.00. The number of allylic oxidation sites excluding steroid dienone is 1. The quantitative estimate of drug-likeness (QED) is 0.542. The van der Waals surface area contributed by atoms with Crippen LogP contribution in [-0.4, -0.2) is 16.6 Å². The summed E-state index contributed by atoms with van der Waals surface area (Å²) in [6.07, 6.45) is 3.61. The van der Waals surface area contributed by atoms with Crippen LogP contribution in [-0.2, 0) is 0 Å². The molecular formula is C11H13N3O. The van der Waals surface area contributed by atoms with E-state index in [4.69, 9.17) is 10.00 Å². The van der Waals surface area contributed by atoms with Gasteiger partial charge in [-0.2, -0.15) is 10.2 Å². The van der Waals surface area contributed by atoms with E-state index in [1.807, 2.05) is 12.1 Å². The van der Waals surface area contributed by atoms with Crippen LogP contribution in [0.25, 0.3) is 0 Å². The van der Waals surface area contributed by atoms with E-state index < -0.39 is 0 Å². The van der Waals surface area contributed by atoms with Gasteiger partial charge in [-0.3, -0.25) is 0 Å². The number of unbranched alkanes of at least 4 members (excludes halogenated alkanes) is 1. The lowest BCUT2D eigenvalue weighted by Crippen LogP contribution is -2.02. The predicted molar refractivity (Wildman–Crippen MR) is 56.4 cm³/mol. The Morgan fingerprint density at radius 2 is 2.40 bits per heavy atom. The van der Waals surface area contributed by atoms with E-state index >= 15 is 0 Å². The number of hydrogen-bond donors (Lipinski definition) is 0. The third-order valence-electron chi connectivity index (χ3n) is 1.73. The molecule has 0 amide bonds. The fourth-order valence-corrected chi connectivity index (χ4v) is 1.05. The van der Waals surface area contributed by atoms with Gasteiger partial charge in [0, 0.05) is 5.69 Å². The van der Waals surface area contributed by atoms with Crippen molar-refractivity contribution in [2.75, 3.05) is 6.61 Å². The lowest BCUT2D eigenvalue weighted by atomic mass is 10.3. The number of rotatable bonds is 5. The molecule has 0 aliphatic heterocycles. The molecule has 0 aliphatic rings. The number of aromatic nitrogens is 2. The normalized spacial score (nSPS) is 9.33. The molecule has 0 unspecified atom stereocenters. The van der Waals surface area contributed by atoms with Gasteiger partial charge in [0.15, 0.2) is 0 Å². The zero-order valence-corrected chi connectivity index (χ0v) is 8.73. The van der Waals surface area contributed by atoms with Crippen molar-refractivity contribution in [3.05, 3.63) is 30.1 Å². The number of aryl methyl sites for hydroxylation is 1. The van der Waals surface area contributed by atoms with Gasteiger partial charge in [-0.15, -0.1) is 6.58 Å². The second-order valence-electron chi connectivity index (χ2n) is 3.07. The first-order chi connectivity index (χ1) is 7.26. The fourth-order valence-electron chi connectivity index (χ4n) is 1.05. The van der Waals surface area contributed by atoms with Crippen LogP contribution in [0, 0.1) is 18.3 Å². The van der Waals surface area contributed by atoms with E-state index in [2.05, 4.69) is 16.5 Å². The van der Waals surface area contributed by atoms with Gasteiger partial charge < -0.3 is 4.74 Å². The Kier molecular flexibility index (Phi) is 4.30. The van der Waals surface area contributed by atoms with Crippen LogP contribution in [0.4, 0.5) is 0 Å². The summed E-state index contributed by atoms with van der Waals surface area (Å²) in [5, 5.41) is 8.69. The highest BCUT2D eigenvalue weighted by Crippen LogP contribution is 2.06. The van der Waals surface area contributed by atoms with E-state index in [9.17, 15) is 0 Å². The van der Waals surface area contributed by atoms with Gasteiger partial charge in [-0.25, -0.2) is 4.98 Å². The van der Waals surface area contributed by atoms with Gasteiger partial charge in [0.1, 0.15) is 11.8 Å². The molecule has 0 radical (unpaired) electrons. The molecule has 4 nitrogen and oxygen atoms in total. The smallest absolute Gasteiger partial charge is 0.317 e. The fraction of sp³-hybridized carbons (Fsp3) is 0.364. The summed E-state index contributed by atoms with van der Waals surface area (Å²) in [7, 11) is 0. The van der Waals surface area contributed by atoms with E-state index in [0.29, 0.717) is 12.3 Å². The second kappa shape index (κ2) is 5.76. The first-order valence-electron chi connectivity index (χ1n) is 4.75. The van der Waals surface area contributed by atoms with Crippen LogP contribution in [0.5, 0.6) is 6.01 Å². The number of nitrogens with zero attached hydrogens (tertiary/aromatic N) is 3. The molecule has 0 spiro atoms. The first kappa shape index (κ1) is 11.2. The topological polar surface area (TPSA) is 58.8 Å². The molecule has 4 heteroatoms. The molecule has 0 aliphatic carbocycles. The van der Waals surface area contributed by atoms with E-state index in [1.165, 1.54) is 0 Å². The van der Waals surface area contributed by atoms with E-state index in [-0.39, 0.29) is 6.01 Å². The molecule has 0 saturated carbocycles. The summed E-state index contributed by atoms with van der Waals surface area (Å²) in [5.41, 5.74) is 1.07. The van der Waals surface area contributed by atoms with E-state index in [1.54, 1.807) is 13.0 Å². The Bertz CT molecular complexity index is 382. The maximum atomic E-state index is 8.69. The summed E-state index contributed by atoms with van der Waals surface area (Å²) in [5.74, 6) is 0. The molecule has 15 heavy (non-hydrogen) atoms. The Morgan fingerprint density at radius 3 is 3.07 bits per heavy atom. The second-order valence-corrected chi connectivity index (χ2v) is 3.07. The van der Waals surface area contributed by atoms with Crippen molar-refractivity contribution in [2.45, 2.75) is 19.8 Å². The van der Waals surface area contributed by atoms with Crippen LogP contribution >= 0.6 is 0 Å². The average molecular weight is 203 g/mol. The standard InChI is InChI=1S/C11H13N3O/c1-3-4-5-6-15-11-13-9(2)7-10(8-12)14-11/h3,7H,1,4-6H2,2H3. The molecule has 0 bridgehead atoms. The van der Waals surface area contributed by atoms with Crippen LogP contribution in [0.15, 0.2) is 18.7 Å². The van der Waals surface area contributed by atoms with Crippen LogP contribution in [0.3, 0.4) is 0 Å². The Morgan fingerprint density at radius 1 is 1.60 bits per heavy atom. The number of ether oxygens (including phenoxy) is 1. The van der Waals surface area contributed by atoms with Gasteiger partial charge in [0.2, 0.25) is 0 Å². The number of hydrogen-bond acceptors (Lipinski definition) is 4. The minimum Gasteiger partial charge on any atom is -0.463 e. The summed E-state index contributed by atoms with van der Waals surface area (Å²) in [6, 6.07) is 3.86. The zero-order chi connectivity index (χ0) is 11.1. The molecule has 0 fully saturated rings. The molecule has 78 valence electrons. The molecule has 0 saturated heterocycles. The zero-order valence-electron chi connectivity index (χ0n) is 8.73. The Hall–Kier alpha value is -1.89. The lowest BCUT2D eigenvalue weighted by Gasteiger charge is -2.03. The van der Waals surface area contributed by atoms with Crippen molar-refractivity contribution in [1.82, 2.24) is 9.97 Å². The average Bonchev–Trinajstić information content (AvgIpc) is 2.23. The van der Waals surface area contributed by atoms with Crippen molar-refractivity contribution >= 4 is 0 Å². The third-order valence-corrected chi connectivity index (χ3v) is 1.73. The van der Waals surface area contributed by atoms with E-state index in [0.717, 1.165) is 18.5 Å². The van der Waals surface area contributed by atoms with Crippen molar-refractivity contribution in [3.63, 3.8) is 0 Å². The molecule has 0 aromatic carbocycles. The van der Waals surface area contributed by atoms with Crippen LogP contribution in [0.1, 0.15) is 24.2 Å². The maximum Gasteiger partial charge on any atom is 0.317 e. The summed E-state index contributed by atoms with van der Waals surface area (Å²) in [6.45, 7) is 5.96. The molecule has 1 aromatic heterocycles. The Balaban J connectivity index is 2.57. The van der Waals surface area contributed by atoms with Crippen molar-refractivity contribution in [2.24, 2.45) is 0 Å². The molecule has 0 atom stereocenters. The summed E-state index contributed by atoms with van der Waals surface area (Å²) in [4.78, 5) is 8.00. The van der Waals surface area contributed by atoms with Gasteiger partial charge in [0.25, 0.3) is 0 Å². The van der Waals surface area contributed by atoms with Gasteiger partial charge in [0.05, 0.1) is 6.61 Å². The van der Waals surface area contributed by atoms with Gasteiger partial charge in [-0.05, 0) is 25.8 Å². The van der Waals surface area contributed by atoms with Gasteiger partial charge >= 0.3 is 6.01 Å². The molecule has 1 heterocycles. The minimum atomic E-state index is 0.274. The van der Waals surface area contributed by atoms with Crippen molar-refractivity contribution in [3.8, 4) is 12.1 Å². The van der Waals surface area contributed by atoms with Gasteiger partial charge in [-0.1, -0.05) is 6.08 Å². The monoisotopic (exact) mass is 203 g/mol. The molecule has 1 aromatic rings. The highest BCUT2D eigenvalue weighted by Gasteiger charge is 2.01. The lowest BCUT2D eigenvalue weighted by molar-refractivity contribution is 0.286. The van der Waals surface area contributed by atoms with Crippen LogP contribution < -0.4 is 4.74 Å². The SMILES string of the molecule is C=CCCCOc1nc(C)cc(C#N)n1. The van der Waals surface area contributed by atoms with Crippen molar-refractivity contribution < 1.29 is 4.74 Å². The van der Waals surface area contributed by atoms with Crippen LogP contribution in [0.2, 0.25) is 0 Å². The highest BCUT2D eigenvalue weighted by atomic mass is 16.5. The molecule has 1 rings (SSSR count). The summed E-state index contributed by atoms with van der Waals surface area (Å²) >= 11 is 0. The minimum absolute atomic E-state index is 0.274. The summed E-state index contributed by atoms with van der Waals surface area (Å²) < 4.78 is 5.31. The largest absolute Gasteiger partial charge is 0.463 e. The maximum absolute atomic E-state index is 8.69.